The molecule has 1 aromatic heterocycles. The van der Waals surface area contributed by atoms with Gasteiger partial charge >= 0.3 is 12.1 Å². The number of amides is 3. The first-order valence-electron chi connectivity index (χ1n) is 16.0. The van der Waals surface area contributed by atoms with Crippen molar-refractivity contribution >= 4 is 23.9 Å². The number of rotatable bonds is 12. The second kappa shape index (κ2) is 14.2. The van der Waals surface area contributed by atoms with Gasteiger partial charge in [-0.15, -0.1) is 9.75 Å². The maximum atomic E-state index is 13.0. The number of benzene rings is 2. The lowest BCUT2D eigenvalue weighted by atomic mass is 10.1. The van der Waals surface area contributed by atoms with Gasteiger partial charge in [0.05, 0.1) is 22.9 Å². The number of ether oxygens (including phenoxy) is 4. The van der Waals surface area contributed by atoms with E-state index in [-0.39, 0.29) is 23.8 Å². The predicted molar refractivity (Wildman–Crippen MR) is 172 cm³/mol. The summed E-state index contributed by atoms with van der Waals surface area (Å²) in [5.41, 5.74) is 1.02. The maximum absolute atomic E-state index is 13.0. The first kappa shape index (κ1) is 34.6. The second-order valence-electron chi connectivity index (χ2n) is 13.6. The Balaban J connectivity index is 1.12. The van der Waals surface area contributed by atoms with Gasteiger partial charge in [-0.05, 0) is 77.8 Å². The summed E-state index contributed by atoms with van der Waals surface area (Å²) in [6, 6.07) is 13.7. The van der Waals surface area contributed by atoms with Crippen LogP contribution in [0.4, 0.5) is 4.79 Å². The average Bonchev–Trinajstić information content (AvgIpc) is 3.64. The maximum Gasteiger partial charge on any atom is 0.407 e. The molecule has 0 aliphatic carbocycles. The average molecular weight is 664 g/mol. The van der Waals surface area contributed by atoms with Crippen LogP contribution < -0.4 is 14.7 Å². The second-order valence-corrected chi connectivity index (χ2v) is 13.6. The molecule has 48 heavy (non-hydrogen) atoms. The van der Waals surface area contributed by atoms with E-state index in [1.165, 1.54) is 12.1 Å². The minimum absolute atomic E-state index is 0.0387. The van der Waals surface area contributed by atoms with Crippen LogP contribution in [0.5, 0.6) is 5.75 Å². The third-order valence-electron chi connectivity index (χ3n) is 7.28. The van der Waals surface area contributed by atoms with Crippen LogP contribution in [0.15, 0.2) is 60.9 Å². The van der Waals surface area contributed by atoms with Crippen LogP contribution in [0.3, 0.4) is 0 Å². The van der Waals surface area contributed by atoms with Crippen molar-refractivity contribution in [1.82, 2.24) is 15.1 Å². The quantitative estimate of drug-likeness (QED) is 0.132. The highest BCUT2D eigenvalue weighted by Crippen LogP contribution is 2.26. The van der Waals surface area contributed by atoms with Gasteiger partial charge in [-0.1, -0.05) is 24.3 Å². The molecule has 0 radical (unpaired) electrons. The van der Waals surface area contributed by atoms with Gasteiger partial charge in [-0.25, -0.2) is 14.4 Å². The molecular formula is C35H43N4O9+. The lowest BCUT2D eigenvalue weighted by molar-refractivity contribution is -0.760. The number of fused-ring (bicyclic) bond motifs is 2. The molecule has 1 N–H and O–H groups in total. The summed E-state index contributed by atoms with van der Waals surface area (Å²) in [6.45, 7) is 12.7. The van der Waals surface area contributed by atoms with Crippen molar-refractivity contribution in [3.8, 4) is 16.9 Å². The van der Waals surface area contributed by atoms with Crippen molar-refractivity contribution in [2.45, 2.75) is 84.5 Å². The minimum Gasteiger partial charge on any atom is -0.490 e. The molecule has 3 amide bonds. The molecule has 0 unspecified atom stereocenters. The highest BCUT2D eigenvalue weighted by molar-refractivity contribution is 6.20. The van der Waals surface area contributed by atoms with E-state index in [4.69, 9.17) is 23.8 Å². The van der Waals surface area contributed by atoms with E-state index in [1.54, 1.807) is 45.0 Å². The molecular weight excluding hydrogens is 620 g/mol. The Kier molecular flexibility index (Phi) is 10.2. The third-order valence-corrected chi connectivity index (χ3v) is 7.28. The largest absolute Gasteiger partial charge is 0.490 e. The van der Waals surface area contributed by atoms with Gasteiger partial charge in [-0.3, -0.25) is 9.59 Å². The van der Waals surface area contributed by atoms with Crippen LogP contribution in [-0.4, -0.2) is 76.8 Å². The van der Waals surface area contributed by atoms with E-state index in [1.807, 2.05) is 32.9 Å². The number of aromatic nitrogens is 2. The van der Waals surface area contributed by atoms with Crippen molar-refractivity contribution < 1.29 is 47.6 Å². The van der Waals surface area contributed by atoms with Gasteiger partial charge in [0.2, 0.25) is 12.3 Å². The highest BCUT2D eigenvalue weighted by atomic mass is 16.7. The molecule has 256 valence electrons. The van der Waals surface area contributed by atoms with Crippen molar-refractivity contribution in [2.75, 3.05) is 19.8 Å². The Bertz CT molecular complexity index is 1590. The topological polar surface area (TPSA) is 139 Å². The Morgan fingerprint density at radius 3 is 2.17 bits per heavy atom. The number of esters is 1. The molecule has 3 aromatic rings. The predicted octanol–water partition coefficient (Wildman–Crippen LogP) is 4.07. The molecule has 0 fully saturated rings. The smallest absolute Gasteiger partial charge is 0.407 e. The van der Waals surface area contributed by atoms with Gasteiger partial charge in [-0.2, -0.15) is 4.68 Å². The van der Waals surface area contributed by atoms with Crippen molar-refractivity contribution in [1.29, 1.82) is 0 Å². The zero-order valence-corrected chi connectivity index (χ0v) is 28.2. The van der Waals surface area contributed by atoms with E-state index in [0.717, 1.165) is 11.1 Å². The molecule has 2 aliphatic rings. The molecule has 3 heterocycles. The van der Waals surface area contributed by atoms with E-state index in [9.17, 15) is 19.2 Å². The summed E-state index contributed by atoms with van der Waals surface area (Å²) >= 11 is 0. The molecule has 0 spiro atoms. The van der Waals surface area contributed by atoms with Crippen LogP contribution in [-0.2, 0) is 36.9 Å². The number of nitrogens with one attached hydrogen (secondary N) is 1. The molecule has 5 rings (SSSR count). The fourth-order valence-corrected chi connectivity index (χ4v) is 5.19. The van der Waals surface area contributed by atoms with Gasteiger partial charge in [0.25, 0.3) is 11.8 Å². The van der Waals surface area contributed by atoms with E-state index in [0.29, 0.717) is 43.5 Å². The van der Waals surface area contributed by atoms with Crippen LogP contribution in [0.2, 0.25) is 0 Å². The van der Waals surface area contributed by atoms with E-state index < -0.39 is 41.2 Å². The Morgan fingerprint density at radius 1 is 0.917 bits per heavy atom. The molecule has 13 nitrogen and oxygen atoms in total. The Hall–Kier alpha value is -4.75. The van der Waals surface area contributed by atoms with Crippen molar-refractivity contribution in [3.05, 3.63) is 72.1 Å². The SMILES string of the molecule is CC(C)(C)OC(=O)NCCCOC1Cn2cc(-c3ccc(OC[C@H](ON4C(=O)c5ccccc5C4=O)C(=O)OC(C)(C)C)cc3)c[n+]2C1. The summed E-state index contributed by atoms with van der Waals surface area (Å²) in [5, 5.41) is 3.33. The fourth-order valence-electron chi connectivity index (χ4n) is 5.19. The Morgan fingerprint density at radius 2 is 1.56 bits per heavy atom. The third kappa shape index (κ3) is 8.78. The monoisotopic (exact) mass is 663 g/mol. The lowest BCUT2D eigenvalue weighted by Crippen LogP contribution is -2.43. The molecule has 2 aromatic carbocycles. The van der Waals surface area contributed by atoms with Gasteiger partial charge in [0.1, 0.15) is 36.2 Å². The number of alkyl carbamates (subject to hydrolysis) is 1. The molecule has 1 atom stereocenters. The first-order valence-corrected chi connectivity index (χ1v) is 16.0. The molecule has 0 saturated heterocycles. The number of hydrogen-bond donors (Lipinski definition) is 1. The summed E-state index contributed by atoms with van der Waals surface area (Å²) in [6.07, 6.45) is 3.02. The highest BCUT2D eigenvalue weighted by Gasteiger charge is 2.41. The number of carbonyl (C=O) groups excluding carboxylic acids is 4. The number of imide groups is 1. The van der Waals surface area contributed by atoms with Crippen LogP contribution in [0.25, 0.3) is 11.1 Å². The number of hydroxylamine groups is 2. The van der Waals surface area contributed by atoms with Gasteiger partial charge < -0.3 is 24.3 Å². The summed E-state index contributed by atoms with van der Waals surface area (Å²) < 4.78 is 26.8. The van der Waals surface area contributed by atoms with E-state index >= 15 is 0 Å². The minimum atomic E-state index is -1.38. The first-order chi connectivity index (χ1) is 22.7. The summed E-state index contributed by atoms with van der Waals surface area (Å²) in [4.78, 5) is 56.1. The molecule has 2 aliphatic heterocycles. The van der Waals surface area contributed by atoms with Gasteiger partial charge in [0, 0.05) is 13.2 Å². The fraction of sp³-hybridized carbons (Fsp3) is 0.457. The zero-order chi connectivity index (χ0) is 34.6. The summed E-state index contributed by atoms with van der Waals surface area (Å²) in [7, 11) is 0. The Labute approximate surface area is 279 Å². The lowest BCUT2D eigenvalue weighted by Gasteiger charge is -2.26. The standard InChI is InChI=1S/C35H42N4O9/c1-34(2,3)46-32(42)29(48-39-30(40)27-10-7-8-11-28(27)31(39)41)22-45-25-14-12-23(13-15-25)24-18-37-20-26(21-38(37)19-24)44-17-9-16-36-33(43)47-35(4,5)6/h7-8,10-15,18-19,26,29H,9,16-17,20-22H2,1-6H3/p+1/t29-/m0/s1. The van der Waals surface area contributed by atoms with Crippen LogP contribution >= 0.6 is 0 Å². The molecule has 13 heteroatoms. The van der Waals surface area contributed by atoms with E-state index in [2.05, 4.69) is 27.1 Å². The van der Waals surface area contributed by atoms with Crippen molar-refractivity contribution in [3.63, 3.8) is 0 Å². The van der Waals surface area contributed by atoms with Crippen LogP contribution in [0.1, 0.15) is 68.7 Å². The van der Waals surface area contributed by atoms with Crippen LogP contribution in [0, 0.1) is 0 Å². The summed E-state index contributed by atoms with van der Waals surface area (Å²) in [5.74, 6) is -1.62. The normalized spacial score (nSPS) is 16.4. The number of carbonyl (C=O) groups is 4. The molecule has 0 saturated carbocycles. The van der Waals surface area contributed by atoms with Gasteiger partial charge in [0.15, 0.2) is 6.54 Å². The number of nitrogens with zero attached hydrogens (tertiary/aromatic N) is 3. The zero-order valence-electron chi connectivity index (χ0n) is 28.2. The molecule has 0 bridgehead atoms. The number of hydrogen-bond acceptors (Lipinski definition) is 9. The van der Waals surface area contributed by atoms with Crippen molar-refractivity contribution in [2.24, 2.45) is 0 Å².